The second-order valence-corrected chi connectivity index (χ2v) is 8.60. The third-order valence-electron chi connectivity index (χ3n) is 3.90. The lowest BCUT2D eigenvalue weighted by molar-refractivity contribution is -0.301. The van der Waals surface area contributed by atoms with Crippen molar-refractivity contribution in [1.82, 2.24) is 0 Å². The highest BCUT2D eigenvalue weighted by atomic mass is 32.2. The summed E-state index contributed by atoms with van der Waals surface area (Å²) in [4.78, 5) is 11.1. The summed E-state index contributed by atoms with van der Waals surface area (Å²) in [6.45, 7) is 1.86. The quantitative estimate of drug-likeness (QED) is 0.485. The van der Waals surface area contributed by atoms with Crippen LogP contribution in [0, 0.1) is 6.92 Å². The van der Waals surface area contributed by atoms with Crippen molar-refractivity contribution in [2.24, 2.45) is 0 Å². The number of carbonyl (C=O) groups excluding carboxylic acids is 1. The lowest BCUT2D eigenvalue weighted by atomic mass is 10.1. The average Bonchev–Trinajstić information content (AvgIpc) is 2.63. The van der Waals surface area contributed by atoms with E-state index in [1.54, 1.807) is 36.4 Å². The van der Waals surface area contributed by atoms with Gasteiger partial charge in [-0.1, -0.05) is 42.0 Å². The number of hydrogen-bond acceptors (Lipinski definition) is 6. The van der Waals surface area contributed by atoms with Gasteiger partial charge < -0.3 is 15.0 Å². The Morgan fingerprint density at radius 1 is 1.11 bits per heavy atom. The SMILES string of the molecule is Cc1ccc(S(=O)(=O)Nc2cc(SCC(=O)[O-])c(O)c3ccccc23)cc1. The first-order valence-electron chi connectivity index (χ1n) is 7.95. The lowest BCUT2D eigenvalue weighted by Gasteiger charge is -2.15. The van der Waals surface area contributed by atoms with Gasteiger partial charge in [0.2, 0.25) is 0 Å². The molecule has 27 heavy (non-hydrogen) atoms. The zero-order valence-electron chi connectivity index (χ0n) is 14.3. The van der Waals surface area contributed by atoms with E-state index in [0.29, 0.717) is 10.8 Å². The van der Waals surface area contributed by atoms with Gasteiger partial charge in [0.15, 0.2) is 0 Å². The van der Waals surface area contributed by atoms with Crippen LogP contribution in [0.5, 0.6) is 5.75 Å². The molecule has 2 N–H and O–H groups in total. The third kappa shape index (κ3) is 4.17. The Morgan fingerprint density at radius 2 is 1.74 bits per heavy atom. The summed E-state index contributed by atoms with van der Waals surface area (Å²) in [5.74, 6) is -1.75. The number of carboxylic acids is 1. The van der Waals surface area contributed by atoms with Gasteiger partial charge in [0.05, 0.1) is 21.4 Å². The first-order valence-corrected chi connectivity index (χ1v) is 10.4. The van der Waals surface area contributed by atoms with Gasteiger partial charge in [0.1, 0.15) is 5.75 Å². The minimum atomic E-state index is -3.85. The molecule has 0 radical (unpaired) electrons. The largest absolute Gasteiger partial charge is 0.549 e. The van der Waals surface area contributed by atoms with Crippen LogP contribution in [-0.2, 0) is 14.8 Å². The molecule has 0 fully saturated rings. The van der Waals surface area contributed by atoms with Crippen LogP contribution in [0.4, 0.5) is 5.69 Å². The number of aryl methyl sites for hydroxylation is 1. The average molecular weight is 402 g/mol. The summed E-state index contributed by atoms with van der Waals surface area (Å²) in [5, 5.41) is 22.1. The number of carbonyl (C=O) groups is 1. The van der Waals surface area contributed by atoms with Gasteiger partial charge in [-0.25, -0.2) is 8.42 Å². The molecule has 0 unspecified atom stereocenters. The van der Waals surface area contributed by atoms with Crippen molar-refractivity contribution in [3.63, 3.8) is 0 Å². The minimum absolute atomic E-state index is 0.102. The highest BCUT2D eigenvalue weighted by Gasteiger charge is 2.18. The summed E-state index contributed by atoms with van der Waals surface area (Å²) < 4.78 is 28.0. The molecule has 0 bridgehead atoms. The molecule has 0 aliphatic heterocycles. The number of aliphatic carboxylic acids is 1. The fraction of sp³-hybridized carbons (Fsp3) is 0.105. The van der Waals surface area contributed by atoms with E-state index in [4.69, 9.17) is 0 Å². The van der Waals surface area contributed by atoms with Gasteiger partial charge in [0.25, 0.3) is 10.0 Å². The van der Waals surface area contributed by atoms with E-state index in [9.17, 15) is 23.4 Å². The molecule has 0 amide bonds. The Kier molecular flexibility index (Phi) is 5.29. The monoisotopic (exact) mass is 402 g/mol. The Morgan fingerprint density at radius 3 is 2.37 bits per heavy atom. The molecule has 0 spiro atoms. The Bertz CT molecular complexity index is 1110. The predicted octanol–water partition coefficient (Wildman–Crippen LogP) is 2.50. The molecule has 0 aliphatic rings. The second-order valence-electron chi connectivity index (χ2n) is 5.90. The highest BCUT2D eigenvalue weighted by Crippen LogP contribution is 2.40. The zero-order chi connectivity index (χ0) is 19.6. The summed E-state index contributed by atoms with van der Waals surface area (Å²) in [6.07, 6.45) is 0. The number of sulfonamides is 1. The van der Waals surface area contributed by atoms with E-state index in [1.165, 1.54) is 18.2 Å². The van der Waals surface area contributed by atoms with E-state index in [2.05, 4.69) is 4.72 Å². The van der Waals surface area contributed by atoms with E-state index in [-0.39, 0.29) is 27.0 Å². The summed E-state index contributed by atoms with van der Waals surface area (Å²) in [5.41, 5.74) is 1.19. The van der Waals surface area contributed by atoms with Gasteiger partial charge >= 0.3 is 0 Å². The van der Waals surface area contributed by atoms with Gasteiger partial charge in [-0.2, -0.15) is 0 Å². The Balaban J connectivity index is 2.08. The Labute approximate surface area is 160 Å². The maximum atomic E-state index is 12.7. The molecule has 8 heteroatoms. The van der Waals surface area contributed by atoms with Crippen molar-refractivity contribution >= 4 is 44.2 Å². The molecule has 0 atom stereocenters. The molecular formula is C19H16NO5S2-. The molecule has 0 saturated carbocycles. The van der Waals surface area contributed by atoms with Crippen LogP contribution in [0.1, 0.15) is 5.56 Å². The van der Waals surface area contributed by atoms with Crippen molar-refractivity contribution in [2.75, 3.05) is 10.5 Å². The summed E-state index contributed by atoms with van der Waals surface area (Å²) in [7, 11) is -3.85. The number of phenols is 1. The number of phenolic OH excluding ortho intramolecular Hbond substituents is 1. The van der Waals surface area contributed by atoms with Crippen molar-refractivity contribution in [3.8, 4) is 5.75 Å². The Hall–Kier alpha value is -2.71. The number of benzene rings is 3. The van der Waals surface area contributed by atoms with Crippen molar-refractivity contribution in [3.05, 3.63) is 60.2 Å². The number of hydrogen-bond donors (Lipinski definition) is 2. The fourth-order valence-corrected chi connectivity index (χ4v) is 4.38. The molecule has 140 valence electrons. The standard InChI is InChI=1S/C19H17NO5S2/c1-12-6-8-13(9-7-12)27(24,25)20-16-10-17(26-11-18(21)22)19(23)15-5-3-2-4-14(15)16/h2-10,20,23H,11H2,1H3,(H,21,22)/p-1. The molecule has 0 aliphatic carbocycles. The predicted molar refractivity (Wildman–Crippen MR) is 103 cm³/mol. The maximum absolute atomic E-state index is 12.7. The number of carboxylic acid groups (broad SMARTS) is 1. The molecular weight excluding hydrogens is 386 g/mol. The van der Waals surface area contributed by atoms with E-state index < -0.39 is 16.0 Å². The molecule has 0 aromatic heterocycles. The second kappa shape index (κ2) is 7.50. The first-order chi connectivity index (χ1) is 12.8. The van der Waals surface area contributed by atoms with Crippen LogP contribution in [-0.4, -0.2) is 25.2 Å². The molecule has 3 aromatic carbocycles. The third-order valence-corrected chi connectivity index (χ3v) is 6.29. The number of nitrogens with one attached hydrogen (secondary N) is 1. The van der Waals surface area contributed by atoms with Crippen LogP contribution in [0.25, 0.3) is 10.8 Å². The zero-order valence-corrected chi connectivity index (χ0v) is 15.9. The maximum Gasteiger partial charge on any atom is 0.261 e. The topological polar surface area (TPSA) is 107 Å². The van der Waals surface area contributed by atoms with Crippen molar-refractivity contribution in [2.45, 2.75) is 16.7 Å². The van der Waals surface area contributed by atoms with Gasteiger partial charge in [0, 0.05) is 16.5 Å². The lowest BCUT2D eigenvalue weighted by Crippen LogP contribution is -2.24. The first kappa shape index (κ1) is 19.1. The van der Waals surface area contributed by atoms with E-state index in [0.717, 1.165) is 17.3 Å². The number of rotatable bonds is 6. The molecule has 3 aromatic rings. The molecule has 3 rings (SSSR count). The van der Waals surface area contributed by atoms with Gasteiger partial charge in [-0.15, -0.1) is 11.8 Å². The van der Waals surface area contributed by atoms with Gasteiger partial charge in [-0.3, -0.25) is 4.72 Å². The molecule has 0 saturated heterocycles. The smallest absolute Gasteiger partial charge is 0.261 e. The fourth-order valence-electron chi connectivity index (χ4n) is 2.59. The van der Waals surface area contributed by atoms with Crippen molar-refractivity contribution in [1.29, 1.82) is 0 Å². The van der Waals surface area contributed by atoms with Crippen LogP contribution in [0.2, 0.25) is 0 Å². The summed E-state index contributed by atoms with van der Waals surface area (Å²) >= 11 is 0.861. The number of thioether (sulfide) groups is 1. The normalized spacial score (nSPS) is 11.4. The molecule has 0 heterocycles. The van der Waals surface area contributed by atoms with E-state index in [1.807, 2.05) is 6.92 Å². The van der Waals surface area contributed by atoms with Crippen molar-refractivity contribution < 1.29 is 23.4 Å². The summed E-state index contributed by atoms with van der Waals surface area (Å²) in [6, 6.07) is 14.6. The van der Waals surface area contributed by atoms with Crippen LogP contribution >= 0.6 is 11.8 Å². The van der Waals surface area contributed by atoms with Crippen LogP contribution in [0.3, 0.4) is 0 Å². The highest BCUT2D eigenvalue weighted by molar-refractivity contribution is 8.00. The van der Waals surface area contributed by atoms with E-state index >= 15 is 0 Å². The van der Waals surface area contributed by atoms with Crippen LogP contribution < -0.4 is 9.83 Å². The number of anilines is 1. The van der Waals surface area contributed by atoms with Crippen LogP contribution in [0.15, 0.2) is 64.4 Å². The minimum Gasteiger partial charge on any atom is -0.549 e. The number of aromatic hydroxyl groups is 1. The van der Waals surface area contributed by atoms with Gasteiger partial charge in [-0.05, 0) is 25.1 Å². The number of fused-ring (bicyclic) bond motifs is 1. The molecule has 6 nitrogen and oxygen atoms in total.